The monoisotopic (exact) mass is 362 g/mol. The summed E-state index contributed by atoms with van der Waals surface area (Å²) in [6.07, 6.45) is 0. The Morgan fingerprint density at radius 3 is 1.50 bits per heavy atom. The Labute approximate surface area is 159 Å². The lowest BCUT2D eigenvalue weighted by Crippen LogP contribution is -1.96. The van der Waals surface area contributed by atoms with Gasteiger partial charge in [-0.3, -0.25) is 4.79 Å². The number of fused-ring (bicyclic) bond motifs is 6. The van der Waals surface area contributed by atoms with Crippen LogP contribution in [0, 0.1) is 0 Å². The summed E-state index contributed by atoms with van der Waals surface area (Å²) in [5, 5.41) is 6.23. The van der Waals surface area contributed by atoms with Gasteiger partial charge in [-0.25, -0.2) is 0 Å². The van der Waals surface area contributed by atoms with E-state index < -0.39 is 0 Å². The quantitative estimate of drug-likeness (QED) is 0.321. The van der Waals surface area contributed by atoms with Crippen molar-refractivity contribution in [2.45, 2.75) is 0 Å². The molecule has 4 aromatic carbocycles. The summed E-state index contributed by atoms with van der Waals surface area (Å²) >= 11 is 0. The van der Waals surface area contributed by atoms with Gasteiger partial charge in [0, 0.05) is 10.8 Å². The maximum atomic E-state index is 13.1. The zero-order valence-electron chi connectivity index (χ0n) is 14.8. The van der Waals surface area contributed by atoms with E-state index in [2.05, 4.69) is 0 Å². The van der Waals surface area contributed by atoms with Crippen molar-refractivity contribution in [1.82, 2.24) is 0 Å². The number of carbonyl (C=O) groups is 1. The van der Waals surface area contributed by atoms with Crippen molar-refractivity contribution < 1.29 is 13.6 Å². The first-order valence-electron chi connectivity index (χ1n) is 9.15. The molecule has 0 fully saturated rings. The van der Waals surface area contributed by atoms with Gasteiger partial charge in [-0.1, -0.05) is 60.7 Å². The Morgan fingerprint density at radius 1 is 0.536 bits per heavy atom. The third-order valence-corrected chi connectivity index (χ3v) is 5.30. The van der Waals surface area contributed by atoms with Gasteiger partial charge >= 0.3 is 0 Å². The van der Waals surface area contributed by atoms with Crippen LogP contribution in [-0.2, 0) is 0 Å². The first-order chi connectivity index (χ1) is 13.8. The van der Waals surface area contributed by atoms with Crippen molar-refractivity contribution in [3.05, 3.63) is 96.4 Å². The third-order valence-electron chi connectivity index (χ3n) is 5.30. The van der Waals surface area contributed by atoms with E-state index in [1.165, 1.54) is 0 Å². The molecule has 28 heavy (non-hydrogen) atoms. The van der Waals surface area contributed by atoms with E-state index in [9.17, 15) is 4.79 Å². The molecule has 3 heteroatoms. The minimum Gasteiger partial charge on any atom is -0.452 e. The highest BCUT2D eigenvalue weighted by Gasteiger charge is 2.20. The molecule has 0 atom stereocenters. The number of hydrogen-bond acceptors (Lipinski definition) is 3. The lowest BCUT2D eigenvalue weighted by atomic mass is 10.1. The fourth-order valence-electron chi connectivity index (χ4n) is 3.93. The number of carbonyl (C=O) groups excluding carboxylic acids is 1. The van der Waals surface area contributed by atoms with Crippen LogP contribution in [0.15, 0.2) is 93.8 Å². The minimum absolute atomic E-state index is 0.249. The van der Waals surface area contributed by atoms with Gasteiger partial charge < -0.3 is 8.83 Å². The van der Waals surface area contributed by atoms with Gasteiger partial charge in [0.05, 0.1) is 0 Å². The molecule has 0 amide bonds. The second-order valence-corrected chi connectivity index (χ2v) is 6.95. The van der Waals surface area contributed by atoms with Gasteiger partial charge in [0.1, 0.15) is 11.2 Å². The SMILES string of the molecule is O=C(c1cc2c(ccc3ccccc32)o1)c1cc2c(ccc3ccccc32)o1. The lowest BCUT2D eigenvalue weighted by molar-refractivity contribution is 0.0987. The first-order valence-corrected chi connectivity index (χ1v) is 9.15. The molecular formula is C25H14O3. The smallest absolute Gasteiger partial charge is 0.263 e. The molecule has 0 aliphatic rings. The normalized spacial score (nSPS) is 11.7. The highest BCUT2D eigenvalue weighted by Crippen LogP contribution is 2.32. The highest BCUT2D eigenvalue weighted by atomic mass is 16.4. The summed E-state index contributed by atoms with van der Waals surface area (Å²) in [6.45, 7) is 0. The average Bonchev–Trinajstić information content (AvgIpc) is 3.38. The number of rotatable bonds is 2. The molecule has 2 aromatic heterocycles. The van der Waals surface area contributed by atoms with Crippen molar-refractivity contribution in [1.29, 1.82) is 0 Å². The van der Waals surface area contributed by atoms with Crippen LogP contribution in [0.4, 0.5) is 0 Å². The molecular weight excluding hydrogens is 348 g/mol. The van der Waals surface area contributed by atoms with Crippen LogP contribution < -0.4 is 0 Å². The predicted molar refractivity (Wildman–Crippen MR) is 111 cm³/mol. The average molecular weight is 362 g/mol. The third kappa shape index (κ3) is 2.13. The Hall–Kier alpha value is -3.85. The van der Waals surface area contributed by atoms with Crippen LogP contribution >= 0.6 is 0 Å². The molecule has 0 N–H and O–H groups in total. The van der Waals surface area contributed by atoms with E-state index in [4.69, 9.17) is 8.83 Å². The number of furan rings is 2. The highest BCUT2D eigenvalue weighted by molar-refractivity contribution is 6.15. The van der Waals surface area contributed by atoms with E-state index in [1.807, 2.05) is 84.9 Å². The van der Waals surface area contributed by atoms with E-state index in [1.54, 1.807) is 0 Å². The van der Waals surface area contributed by atoms with Crippen LogP contribution in [-0.4, -0.2) is 5.78 Å². The van der Waals surface area contributed by atoms with E-state index in [0.717, 1.165) is 32.3 Å². The number of benzene rings is 4. The Morgan fingerprint density at radius 2 is 1.00 bits per heavy atom. The maximum absolute atomic E-state index is 13.1. The lowest BCUT2D eigenvalue weighted by Gasteiger charge is -1.96. The summed E-state index contributed by atoms with van der Waals surface area (Å²) in [7, 11) is 0. The van der Waals surface area contributed by atoms with Crippen LogP contribution in [0.3, 0.4) is 0 Å². The number of hydrogen-bond donors (Lipinski definition) is 0. The Kier molecular flexibility index (Phi) is 3.03. The van der Waals surface area contributed by atoms with Gasteiger partial charge in [0.2, 0.25) is 0 Å². The molecule has 0 spiro atoms. The molecule has 0 bridgehead atoms. The number of ketones is 1. The zero-order chi connectivity index (χ0) is 18.7. The van der Waals surface area contributed by atoms with Crippen molar-refractivity contribution in [2.24, 2.45) is 0 Å². The standard InChI is InChI=1S/C25H14O3/c26-25(23-13-19-17-7-3-1-5-15(17)9-11-21(19)27-23)24-14-20-18-8-4-2-6-16(18)10-12-22(20)28-24/h1-14H. The molecule has 0 aliphatic heterocycles. The molecule has 0 saturated heterocycles. The Bertz CT molecular complexity index is 1420. The molecule has 132 valence electrons. The van der Waals surface area contributed by atoms with Crippen molar-refractivity contribution in [3.8, 4) is 0 Å². The van der Waals surface area contributed by atoms with Gasteiger partial charge in [0.25, 0.3) is 5.78 Å². The van der Waals surface area contributed by atoms with E-state index in [0.29, 0.717) is 11.2 Å². The van der Waals surface area contributed by atoms with Crippen molar-refractivity contribution in [2.75, 3.05) is 0 Å². The van der Waals surface area contributed by atoms with Gasteiger partial charge in [-0.15, -0.1) is 0 Å². The van der Waals surface area contributed by atoms with Gasteiger partial charge in [-0.2, -0.15) is 0 Å². The van der Waals surface area contributed by atoms with Crippen LogP contribution in [0.5, 0.6) is 0 Å². The van der Waals surface area contributed by atoms with Crippen molar-refractivity contribution >= 4 is 49.3 Å². The molecule has 0 aliphatic carbocycles. The maximum Gasteiger partial charge on any atom is 0.263 e. The zero-order valence-corrected chi connectivity index (χ0v) is 14.8. The second kappa shape index (κ2) is 5.57. The minimum atomic E-state index is -0.249. The van der Waals surface area contributed by atoms with Crippen LogP contribution in [0.2, 0.25) is 0 Å². The van der Waals surface area contributed by atoms with Gasteiger partial charge in [-0.05, 0) is 45.8 Å². The molecule has 6 rings (SSSR count). The summed E-state index contributed by atoms with van der Waals surface area (Å²) in [5.41, 5.74) is 1.40. The van der Waals surface area contributed by atoms with E-state index >= 15 is 0 Å². The van der Waals surface area contributed by atoms with Gasteiger partial charge in [0.15, 0.2) is 11.5 Å². The van der Waals surface area contributed by atoms with E-state index in [-0.39, 0.29) is 17.3 Å². The van der Waals surface area contributed by atoms with Crippen LogP contribution in [0.25, 0.3) is 43.5 Å². The summed E-state index contributed by atoms with van der Waals surface area (Å²) in [4.78, 5) is 13.1. The summed E-state index contributed by atoms with van der Waals surface area (Å²) in [6, 6.07) is 27.6. The predicted octanol–water partition coefficient (Wildman–Crippen LogP) is 6.72. The molecule has 6 aromatic rings. The molecule has 0 saturated carbocycles. The fourth-order valence-corrected chi connectivity index (χ4v) is 3.93. The Balaban J connectivity index is 1.52. The summed E-state index contributed by atoms with van der Waals surface area (Å²) in [5.74, 6) is 0.324. The van der Waals surface area contributed by atoms with Crippen LogP contribution in [0.1, 0.15) is 16.3 Å². The molecule has 3 nitrogen and oxygen atoms in total. The second-order valence-electron chi connectivity index (χ2n) is 6.95. The first kappa shape index (κ1) is 15.2. The topological polar surface area (TPSA) is 43.4 Å². The molecule has 0 unspecified atom stereocenters. The van der Waals surface area contributed by atoms with Crippen molar-refractivity contribution in [3.63, 3.8) is 0 Å². The molecule has 0 radical (unpaired) electrons. The fraction of sp³-hybridized carbons (Fsp3) is 0. The molecule has 2 heterocycles. The largest absolute Gasteiger partial charge is 0.452 e. The summed E-state index contributed by atoms with van der Waals surface area (Å²) < 4.78 is 11.7.